The Morgan fingerprint density at radius 2 is 1.90 bits per heavy atom. The van der Waals surface area contributed by atoms with Crippen molar-refractivity contribution in [3.8, 4) is 0 Å². The number of rotatable bonds is 3. The first-order valence-electron chi connectivity index (χ1n) is 5.70. The molecule has 0 unspecified atom stereocenters. The van der Waals surface area contributed by atoms with Gasteiger partial charge in [-0.1, -0.05) is 0 Å². The van der Waals surface area contributed by atoms with Gasteiger partial charge in [-0.2, -0.15) is 0 Å². The maximum absolute atomic E-state index is 13.8. The Morgan fingerprint density at radius 3 is 2.50 bits per heavy atom. The van der Waals surface area contributed by atoms with Gasteiger partial charge in [0, 0.05) is 9.64 Å². The number of hydrogen-bond acceptors (Lipinski definition) is 3. The molecule has 0 fully saturated rings. The van der Waals surface area contributed by atoms with Crippen LogP contribution in [0, 0.1) is 15.2 Å². The fourth-order valence-electron chi connectivity index (χ4n) is 1.69. The Kier molecular flexibility index (Phi) is 4.44. The number of anilines is 2. The smallest absolute Gasteiger partial charge is 0.147 e. The monoisotopic (exact) mass is 408 g/mol. The summed E-state index contributed by atoms with van der Waals surface area (Å²) in [7, 11) is -2.70. The van der Waals surface area contributed by atoms with Crippen LogP contribution in [0.4, 0.5) is 20.2 Å². The Morgan fingerprint density at radius 1 is 1.20 bits per heavy atom. The highest BCUT2D eigenvalue weighted by Gasteiger charge is 2.19. The van der Waals surface area contributed by atoms with E-state index >= 15 is 0 Å². The zero-order chi connectivity index (χ0) is 14.9. The van der Waals surface area contributed by atoms with Crippen LogP contribution in [0.15, 0.2) is 30.5 Å². The second-order valence-corrected chi connectivity index (χ2v) is 9.00. The van der Waals surface area contributed by atoms with Gasteiger partial charge in [0.2, 0.25) is 0 Å². The predicted molar refractivity (Wildman–Crippen MR) is 85.7 cm³/mol. The number of nitrogens with one attached hydrogen (secondary N) is 1. The van der Waals surface area contributed by atoms with Gasteiger partial charge in [0.1, 0.15) is 24.2 Å². The summed E-state index contributed by atoms with van der Waals surface area (Å²) in [6, 6.07) is 5.78. The first-order valence-corrected chi connectivity index (χ1v) is 9.38. The minimum Gasteiger partial charge on any atom is -0.351 e. The third-order valence-corrected chi connectivity index (χ3v) is 4.59. The molecule has 0 saturated heterocycles. The Hall–Kier alpha value is -1.01. The number of nitrogens with zero attached hydrogens (tertiary/aromatic N) is 1. The van der Waals surface area contributed by atoms with Crippen molar-refractivity contribution < 1.29 is 13.3 Å². The molecule has 2 rings (SSSR count). The van der Waals surface area contributed by atoms with Crippen molar-refractivity contribution in [2.75, 3.05) is 18.6 Å². The summed E-state index contributed by atoms with van der Waals surface area (Å²) in [5.74, 6) is -1.04. The Bertz CT molecular complexity index is 703. The summed E-state index contributed by atoms with van der Waals surface area (Å²) in [4.78, 5) is 3.87. The molecule has 1 N–H and O–H groups in total. The van der Waals surface area contributed by atoms with E-state index in [4.69, 9.17) is 0 Å². The molecule has 1 heterocycles. The normalized spacial score (nSPS) is 11.4. The van der Waals surface area contributed by atoms with Crippen molar-refractivity contribution in [1.29, 1.82) is 0 Å². The third kappa shape index (κ3) is 3.55. The van der Waals surface area contributed by atoms with E-state index in [1.807, 2.05) is 22.6 Å². The van der Waals surface area contributed by atoms with E-state index in [0.717, 1.165) is 9.77 Å². The highest BCUT2D eigenvalue weighted by Crippen LogP contribution is 2.37. The fraction of sp³-hybridized carbons (Fsp3) is 0.154. The molecule has 1 aromatic heterocycles. The van der Waals surface area contributed by atoms with E-state index in [2.05, 4.69) is 10.3 Å². The van der Waals surface area contributed by atoms with Gasteiger partial charge in [0.15, 0.2) is 0 Å². The lowest BCUT2D eigenvalue weighted by Crippen LogP contribution is -2.14. The second kappa shape index (κ2) is 5.77. The van der Waals surface area contributed by atoms with Gasteiger partial charge in [-0.25, -0.2) is 13.8 Å². The van der Waals surface area contributed by atoms with Gasteiger partial charge >= 0.3 is 0 Å². The van der Waals surface area contributed by atoms with Gasteiger partial charge in [0.05, 0.1) is 17.6 Å². The van der Waals surface area contributed by atoms with Crippen molar-refractivity contribution in [3.05, 3.63) is 45.7 Å². The molecule has 0 spiro atoms. The summed E-state index contributed by atoms with van der Waals surface area (Å²) in [6.07, 6.45) is 1.00. The summed E-state index contributed by atoms with van der Waals surface area (Å²) in [6.45, 7) is 3.06. The first kappa shape index (κ1) is 15.4. The average Bonchev–Trinajstić information content (AvgIpc) is 2.31. The molecule has 0 aliphatic carbocycles. The summed E-state index contributed by atoms with van der Waals surface area (Å²) in [5.41, 5.74) is 0.655. The van der Waals surface area contributed by atoms with E-state index < -0.39 is 18.8 Å². The van der Waals surface area contributed by atoms with Crippen molar-refractivity contribution in [3.63, 3.8) is 0 Å². The SMILES string of the molecule is CP(C)(=O)c1ncc(F)cc1Nc1ccc(I)cc1F. The molecular formula is C13H12F2IN2OP. The number of pyridine rings is 1. The molecule has 2 aromatic rings. The molecule has 0 aliphatic heterocycles. The molecular weight excluding hydrogens is 396 g/mol. The molecule has 1 aromatic carbocycles. The van der Waals surface area contributed by atoms with Crippen LogP contribution in [0.2, 0.25) is 0 Å². The number of benzene rings is 1. The summed E-state index contributed by atoms with van der Waals surface area (Å²) in [5, 5.41) is 2.76. The Balaban J connectivity index is 2.47. The van der Waals surface area contributed by atoms with Crippen LogP contribution in [-0.2, 0) is 4.57 Å². The fourth-order valence-corrected chi connectivity index (χ4v) is 3.18. The molecule has 0 amide bonds. The van der Waals surface area contributed by atoms with Crippen LogP contribution >= 0.6 is 29.7 Å². The first-order chi connectivity index (χ1) is 9.27. The highest BCUT2D eigenvalue weighted by molar-refractivity contribution is 14.1. The van der Waals surface area contributed by atoms with Gasteiger partial charge in [-0.15, -0.1) is 0 Å². The zero-order valence-electron chi connectivity index (χ0n) is 10.8. The van der Waals surface area contributed by atoms with E-state index in [1.54, 1.807) is 12.1 Å². The minimum absolute atomic E-state index is 0.188. The molecule has 0 atom stereocenters. The molecule has 0 radical (unpaired) electrons. The van der Waals surface area contributed by atoms with Crippen LogP contribution in [-0.4, -0.2) is 18.3 Å². The van der Waals surface area contributed by atoms with Gasteiger partial charge in [-0.3, -0.25) is 0 Å². The summed E-state index contributed by atoms with van der Waals surface area (Å²) >= 11 is 1.99. The lowest BCUT2D eigenvalue weighted by atomic mass is 10.3. The van der Waals surface area contributed by atoms with Gasteiger partial charge in [-0.05, 0) is 54.1 Å². The van der Waals surface area contributed by atoms with Crippen molar-refractivity contribution in [2.24, 2.45) is 0 Å². The number of halogens is 3. The molecule has 0 bridgehead atoms. The van der Waals surface area contributed by atoms with E-state index in [1.165, 1.54) is 25.5 Å². The van der Waals surface area contributed by atoms with Crippen molar-refractivity contribution in [1.82, 2.24) is 4.98 Å². The standard InChI is InChI=1S/C13H12F2IN2OP/c1-20(2,19)13-12(5-8(14)7-17-13)18-11-4-3-9(16)6-10(11)15/h3-7,18H,1-2H3. The highest BCUT2D eigenvalue weighted by atomic mass is 127. The average molecular weight is 408 g/mol. The van der Waals surface area contributed by atoms with Crippen LogP contribution in [0.3, 0.4) is 0 Å². The topological polar surface area (TPSA) is 42.0 Å². The van der Waals surface area contributed by atoms with Crippen LogP contribution in [0.1, 0.15) is 0 Å². The molecule has 7 heteroatoms. The number of hydrogen-bond donors (Lipinski definition) is 1. The van der Waals surface area contributed by atoms with Crippen LogP contribution in [0.5, 0.6) is 0 Å². The Labute approximate surface area is 129 Å². The molecule has 106 valence electrons. The van der Waals surface area contributed by atoms with Crippen molar-refractivity contribution in [2.45, 2.75) is 0 Å². The maximum atomic E-state index is 13.8. The van der Waals surface area contributed by atoms with Crippen LogP contribution in [0.25, 0.3) is 0 Å². The quantitative estimate of drug-likeness (QED) is 0.618. The maximum Gasteiger partial charge on any atom is 0.147 e. The molecule has 0 aliphatic rings. The molecule has 0 saturated carbocycles. The predicted octanol–water partition coefficient (Wildman–Crippen LogP) is 3.96. The lowest BCUT2D eigenvalue weighted by Gasteiger charge is -2.14. The minimum atomic E-state index is -2.70. The molecule has 3 nitrogen and oxygen atoms in total. The summed E-state index contributed by atoms with van der Waals surface area (Å²) < 4.78 is 40.0. The van der Waals surface area contributed by atoms with Gasteiger partial charge in [0.25, 0.3) is 0 Å². The zero-order valence-corrected chi connectivity index (χ0v) is 13.9. The van der Waals surface area contributed by atoms with E-state index in [9.17, 15) is 13.3 Å². The second-order valence-electron chi connectivity index (χ2n) is 4.62. The van der Waals surface area contributed by atoms with E-state index in [0.29, 0.717) is 0 Å². The van der Waals surface area contributed by atoms with Crippen LogP contribution < -0.4 is 10.8 Å². The molecule has 20 heavy (non-hydrogen) atoms. The van der Waals surface area contributed by atoms with Crippen molar-refractivity contribution >= 4 is 46.5 Å². The largest absolute Gasteiger partial charge is 0.351 e. The third-order valence-electron chi connectivity index (χ3n) is 2.54. The lowest BCUT2D eigenvalue weighted by molar-refractivity contribution is 0.587. The van der Waals surface area contributed by atoms with Gasteiger partial charge < -0.3 is 9.88 Å². The van der Waals surface area contributed by atoms with E-state index in [-0.39, 0.29) is 16.8 Å². The number of aromatic nitrogens is 1.